The number of benzene rings is 2. The minimum atomic E-state index is -0.448. The van der Waals surface area contributed by atoms with Gasteiger partial charge in [0.15, 0.2) is 6.61 Å². The maximum absolute atomic E-state index is 12.2. The molecule has 6 nitrogen and oxygen atoms in total. The molecule has 32 heavy (non-hydrogen) atoms. The van der Waals surface area contributed by atoms with Gasteiger partial charge in [-0.1, -0.05) is 36.8 Å². The van der Waals surface area contributed by atoms with E-state index in [1.54, 1.807) is 0 Å². The predicted molar refractivity (Wildman–Crippen MR) is 122 cm³/mol. The Bertz CT molecular complexity index is 1170. The lowest BCUT2D eigenvalue weighted by atomic mass is 9.80. The van der Waals surface area contributed by atoms with Gasteiger partial charge in [-0.05, 0) is 60.4 Å². The van der Waals surface area contributed by atoms with Crippen LogP contribution in [-0.4, -0.2) is 30.2 Å². The van der Waals surface area contributed by atoms with Gasteiger partial charge in [0.1, 0.15) is 5.75 Å². The van der Waals surface area contributed by atoms with Gasteiger partial charge in [0, 0.05) is 17.6 Å². The molecule has 1 saturated carbocycles. The zero-order valence-corrected chi connectivity index (χ0v) is 18.3. The molecule has 2 N–H and O–H groups in total. The number of carbonyl (C=O) groups excluding carboxylic acids is 2. The van der Waals surface area contributed by atoms with E-state index in [1.807, 2.05) is 18.2 Å². The molecule has 1 aromatic heterocycles. The van der Waals surface area contributed by atoms with Crippen molar-refractivity contribution in [3.8, 4) is 5.75 Å². The van der Waals surface area contributed by atoms with Crippen LogP contribution >= 0.6 is 0 Å². The largest absolute Gasteiger partial charge is 0.481 e. The number of fused-ring (bicyclic) bond motifs is 3. The molecule has 0 aliphatic heterocycles. The molecule has 1 amide bonds. The fourth-order valence-electron chi connectivity index (χ4n) is 5.12. The monoisotopic (exact) mass is 432 g/mol. The first-order valence-corrected chi connectivity index (χ1v) is 11.3. The topological polar surface area (TPSA) is 83.6 Å². The number of hydrogen-bond donors (Lipinski definition) is 1. The van der Waals surface area contributed by atoms with Crippen molar-refractivity contribution in [3.05, 3.63) is 64.8 Å². The molecule has 0 saturated heterocycles. The van der Waals surface area contributed by atoms with Crippen LogP contribution in [0.5, 0.6) is 5.75 Å². The lowest BCUT2D eigenvalue weighted by Gasteiger charge is -2.25. The highest BCUT2D eigenvalue weighted by atomic mass is 16.6. The molecule has 166 valence electrons. The summed E-state index contributed by atoms with van der Waals surface area (Å²) in [5, 5.41) is 0.874. The van der Waals surface area contributed by atoms with E-state index in [0.717, 1.165) is 28.6 Å². The van der Waals surface area contributed by atoms with Gasteiger partial charge in [0.05, 0.1) is 18.5 Å². The smallest absolute Gasteiger partial charge is 0.343 e. The lowest BCUT2D eigenvalue weighted by Crippen LogP contribution is -2.19. The summed E-state index contributed by atoms with van der Waals surface area (Å²) in [5.74, 6) is 0.173. The van der Waals surface area contributed by atoms with E-state index in [2.05, 4.69) is 28.8 Å². The molecule has 1 atom stereocenters. The van der Waals surface area contributed by atoms with E-state index >= 15 is 0 Å². The highest BCUT2D eigenvalue weighted by Crippen LogP contribution is 2.44. The molecule has 3 aromatic rings. The molecular formula is C26H28N2O4. The van der Waals surface area contributed by atoms with Gasteiger partial charge in [-0.2, -0.15) is 0 Å². The van der Waals surface area contributed by atoms with Crippen LogP contribution in [0, 0.1) is 0 Å². The van der Waals surface area contributed by atoms with Crippen LogP contribution in [0.25, 0.3) is 10.9 Å². The van der Waals surface area contributed by atoms with E-state index in [-0.39, 0.29) is 18.4 Å². The molecule has 0 radical (unpaired) electrons. The van der Waals surface area contributed by atoms with Crippen LogP contribution in [0.1, 0.15) is 59.9 Å². The summed E-state index contributed by atoms with van der Waals surface area (Å²) in [6.45, 7) is 0.530. The second-order valence-corrected chi connectivity index (χ2v) is 8.82. The molecule has 0 bridgehead atoms. The van der Waals surface area contributed by atoms with Crippen LogP contribution in [0.15, 0.2) is 42.5 Å². The fraction of sp³-hybridized carbons (Fsp3) is 0.385. The summed E-state index contributed by atoms with van der Waals surface area (Å²) in [5.41, 5.74) is 11.5. The Labute approximate surface area is 187 Å². The van der Waals surface area contributed by atoms with Gasteiger partial charge in [-0.25, -0.2) is 4.79 Å². The van der Waals surface area contributed by atoms with E-state index < -0.39 is 5.97 Å². The summed E-state index contributed by atoms with van der Waals surface area (Å²) in [7, 11) is 1.33. The molecular weight excluding hydrogens is 404 g/mol. The van der Waals surface area contributed by atoms with Crippen molar-refractivity contribution in [2.24, 2.45) is 5.73 Å². The van der Waals surface area contributed by atoms with Crippen LogP contribution in [0.4, 0.5) is 0 Å². The first-order valence-electron chi connectivity index (χ1n) is 11.3. The van der Waals surface area contributed by atoms with E-state index in [1.165, 1.54) is 37.5 Å². The molecule has 5 rings (SSSR count). The molecule has 2 aliphatic carbocycles. The number of hydrogen-bond acceptors (Lipinski definition) is 4. The third-order valence-corrected chi connectivity index (χ3v) is 7.03. The van der Waals surface area contributed by atoms with Crippen LogP contribution in [0.2, 0.25) is 0 Å². The molecule has 1 fully saturated rings. The van der Waals surface area contributed by atoms with Gasteiger partial charge in [0.2, 0.25) is 5.91 Å². The third-order valence-electron chi connectivity index (χ3n) is 7.03. The number of nitrogens with two attached hydrogens (primary N) is 1. The number of amides is 1. The van der Waals surface area contributed by atoms with Gasteiger partial charge in [-0.3, -0.25) is 4.79 Å². The van der Waals surface area contributed by atoms with Crippen molar-refractivity contribution in [1.82, 2.24) is 4.57 Å². The van der Waals surface area contributed by atoms with Gasteiger partial charge in [-0.15, -0.1) is 0 Å². The van der Waals surface area contributed by atoms with E-state index in [4.69, 9.17) is 15.2 Å². The second kappa shape index (κ2) is 8.34. The first-order chi connectivity index (χ1) is 15.6. The standard InChI is InChI=1S/C26H28N2O4/c1-31-23(29)15-32-22-7-3-6-20-25(22)24-19(26(27)30)12-13-21(24)28(20)14-16-8-10-18(11-9-16)17-4-2-5-17/h3,6-11,17,19H,2,4-5,12-15H2,1H3,(H2,27,30). The minimum absolute atomic E-state index is 0.181. The summed E-state index contributed by atoms with van der Waals surface area (Å²) in [4.78, 5) is 23.9. The number of carbonyl (C=O) groups is 2. The Morgan fingerprint density at radius 3 is 2.53 bits per heavy atom. The number of methoxy groups -OCH3 is 1. The Hall–Kier alpha value is -3.28. The number of primary amides is 1. The number of ether oxygens (including phenoxy) is 2. The zero-order chi connectivity index (χ0) is 22.2. The Morgan fingerprint density at radius 2 is 1.88 bits per heavy atom. The number of aromatic nitrogens is 1. The third kappa shape index (κ3) is 3.53. The molecule has 2 aromatic carbocycles. The van der Waals surface area contributed by atoms with Crippen molar-refractivity contribution in [3.63, 3.8) is 0 Å². The van der Waals surface area contributed by atoms with Gasteiger partial charge >= 0.3 is 5.97 Å². The highest BCUT2D eigenvalue weighted by Gasteiger charge is 2.34. The van der Waals surface area contributed by atoms with Crippen LogP contribution < -0.4 is 10.5 Å². The SMILES string of the molecule is COC(=O)COc1cccc2c1c1c(n2Cc2ccc(C3CCC3)cc2)CCC1C(N)=O. The summed E-state index contributed by atoms with van der Waals surface area (Å²) < 4.78 is 12.8. The van der Waals surface area contributed by atoms with Crippen molar-refractivity contribution in [2.75, 3.05) is 13.7 Å². The fourth-order valence-corrected chi connectivity index (χ4v) is 5.12. The Balaban J connectivity index is 1.55. The summed E-state index contributed by atoms with van der Waals surface area (Å²) >= 11 is 0. The minimum Gasteiger partial charge on any atom is -0.481 e. The van der Waals surface area contributed by atoms with E-state index in [9.17, 15) is 9.59 Å². The number of rotatable bonds is 7. The lowest BCUT2D eigenvalue weighted by molar-refractivity contribution is -0.142. The maximum Gasteiger partial charge on any atom is 0.343 e. The molecule has 2 aliphatic rings. The average molecular weight is 433 g/mol. The number of nitrogens with zero attached hydrogens (tertiary/aromatic N) is 1. The van der Waals surface area contributed by atoms with Crippen molar-refractivity contribution in [2.45, 2.75) is 50.5 Å². The highest BCUT2D eigenvalue weighted by molar-refractivity contribution is 5.97. The van der Waals surface area contributed by atoms with Crippen LogP contribution in [0.3, 0.4) is 0 Å². The maximum atomic E-state index is 12.2. The Kier molecular flexibility index (Phi) is 5.37. The first kappa shape index (κ1) is 20.6. The second-order valence-electron chi connectivity index (χ2n) is 8.82. The summed E-state index contributed by atoms with van der Waals surface area (Å²) in [6.07, 6.45) is 5.39. The van der Waals surface area contributed by atoms with Crippen molar-refractivity contribution in [1.29, 1.82) is 0 Å². The predicted octanol–water partition coefficient (Wildman–Crippen LogP) is 4.02. The van der Waals surface area contributed by atoms with Crippen molar-refractivity contribution < 1.29 is 19.1 Å². The van der Waals surface area contributed by atoms with Gasteiger partial charge in [0.25, 0.3) is 0 Å². The normalized spacial score (nSPS) is 17.7. The quantitative estimate of drug-likeness (QED) is 0.572. The Morgan fingerprint density at radius 1 is 1.09 bits per heavy atom. The summed E-state index contributed by atoms with van der Waals surface area (Å²) in [6, 6.07) is 14.7. The number of esters is 1. The van der Waals surface area contributed by atoms with Gasteiger partial charge < -0.3 is 19.8 Å². The molecule has 0 spiro atoms. The van der Waals surface area contributed by atoms with Crippen molar-refractivity contribution >= 4 is 22.8 Å². The molecule has 1 heterocycles. The van der Waals surface area contributed by atoms with E-state index in [0.29, 0.717) is 24.6 Å². The average Bonchev–Trinajstić information content (AvgIpc) is 3.32. The molecule has 1 unspecified atom stereocenters. The molecule has 6 heteroatoms. The zero-order valence-electron chi connectivity index (χ0n) is 18.3. The van der Waals surface area contributed by atoms with Crippen LogP contribution in [-0.2, 0) is 27.3 Å².